The molecule has 5 saturated heterocycles. The molecule has 5 heterocycles. The van der Waals surface area contributed by atoms with Crippen LogP contribution in [0.25, 0.3) is 0 Å². The number of fused-ring (bicyclic) bond motifs is 2. The van der Waals surface area contributed by atoms with Crippen LogP contribution in [0.4, 0.5) is 0 Å². The minimum absolute atomic E-state index is 0.00211. The van der Waals surface area contributed by atoms with Crippen LogP contribution in [-0.2, 0) is 48.3 Å². The van der Waals surface area contributed by atoms with Crippen LogP contribution in [0.15, 0.2) is 115 Å². The summed E-state index contributed by atoms with van der Waals surface area (Å²) in [6.45, 7) is 36.3. The van der Waals surface area contributed by atoms with E-state index in [9.17, 15) is 0 Å². The lowest BCUT2D eigenvalue weighted by Gasteiger charge is -2.55. The van der Waals surface area contributed by atoms with Gasteiger partial charge in [0.05, 0.1) is 31.5 Å². The minimum Gasteiger partial charge on any atom is -0.411 e. The summed E-state index contributed by atoms with van der Waals surface area (Å²) < 4.78 is 65.3. The number of benzene rings is 3. The van der Waals surface area contributed by atoms with Crippen molar-refractivity contribution in [1.82, 2.24) is 0 Å². The van der Waals surface area contributed by atoms with Crippen molar-refractivity contribution < 1.29 is 41.7 Å². The smallest absolute Gasteiger partial charge is 0.261 e. The number of hydrogen-bond acceptors (Lipinski definition) is 9. The van der Waals surface area contributed by atoms with Gasteiger partial charge in [-0.2, -0.15) is 0 Å². The fourth-order valence-electron chi connectivity index (χ4n) is 13.0. The summed E-state index contributed by atoms with van der Waals surface area (Å²) >= 11 is 0. The van der Waals surface area contributed by atoms with E-state index in [-0.39, 0.29) is 46.5 Å². The van der Waals surface area contributed by atoms with Gasteiger partial charge in [-0.15, -0.1) is 0 Å². The van der Waals surface area contributed by atoms with Gasteiger partial charge in [0.1, 0.15) is 17.8 Å². The van der Waals surface area contributed by atoms with Gasteiger partial charge in [-0.25, -0.2) is 0 Å². The van der Waals surface area contributed by atoms with Crippen molar-refractivity contribution in [1.29, 1.82) is 0 Å². The van der Waals surface area contributed by atoms with Gasteiger partial charge < -0.3 is 41.7 Å². The fraction of sp³-hybridized carbons (Fsp3) is 0.651. The zero-order valence-corrected chi connectivity index (χ0v) is 51.5. The van der Waals surface area contributed by atoms with Crippen molar-refractivity contribution in [2.45, 2.75) is 242 Å². The van der Waals surface area contributed by atoms with E-state index in [4.69, 9.17) is 41.7 Å². The van der Waals surface area contributed by atoms with E-state index in [0.29, 0.717) is 32.7 Å². The third-order valence-corrected chi connectivity index (χ3v) is 32.8. The summed E-state index contributed by atoms with van der Waals surface area (Å²) in [4.78, 5) is 0. The summed E-state index contributed by atoms with van der Waals surface area (Å²) in [6.07, 6.45) is 11.4. The van der Waals surface area contributed by atoms with Gasteiger partial charge in [-0.1, -0.05) is 179 Å². The second kappa shape index (κ2) is 23.3. The van der Waals surface area contributed by atoms with Crippen LogP contribution in [0.5, 0.6) is 0 Å². The average molecular weight is 1080 g/mol. The maximum absolute atomic E-state index is 7.56. The molecule has 2 bridgehead atoms. The molecule has 2 spiro atoms. The van der Waals surface area contributed by atoms with Gasteiger partial charge in [-0.05, 0) is 108 Å². The van der Waals surface area contributed by atoms with Crippen LogP contribution in [0.1, 0.15) is 146 Å². The summed E-state index contributed by atoms with van der Waals surface area (Å²) in [5.74, 6) is -2.37. The van der Waals surface area contributed by atoms with Crippen LogP contribution in [0, 0.1) is 5.92 Å². The molecule has 414 valence electrons. The third-order valence-electron chi connectivity index (χ3n) is 18.6. The van der Waals surface area contributed by atoms with Crippen molar-refractivity contribution in [3.8, 4) is 0 Å². The zero-order valence-electron chi connectivity index (χ0n) is 48.5. The Bertz CT molecular complexity index is 2300. The summed E-state index contributed by atoms with van der Waals surface area (Å²) in [5.41, 5.74) is 1.47. The lowest BCUT2D eigenvalue weighted by Crippen LogP contribution is -2.66. The molecule has 5 aliphatic rings. The maximum Gasteiger partial charge on any atom is 0.261 e. The first kappa shape index (κ1) is 58.6. The van der Waals surface area contributed by atoms with E-state index in [1.807, 2.05) is 6.07 Å². The van der Waals surface area contributed by atoms with Crippen molar-refractivity contribution in [3.63, 3.8) is 0 Å². The lowest BCUT2D eigenvalue weighted by molar-refractivity contribution is -0.401. The first-order valence-electron chi connectivity index (χ1n) is 29.0. The number of hydrogen-bond donors (Lipinski definition) is 0. The highest BCUT2D eigenvalue weighted by atomic mass is 28.4. The van der Waals surface area contributed by atoms with Crippen LogP contribution in [-0.4, -0.2) is 91.6 Å². The molecule has 8 rings (SSSR count). The second-order valence-corrected chi connectivity index (χ2v) is 39.6. The molecule has 12 heteroatoms. The topological polar surface area (TPSA) is 83.1 Å². The standard InChI is InChI=1S/C63H96O9Si3/c1-15-74(16-2,17-3)72-60(12)40-37-51(38-43-64-47-50-28-21-18-22-29-50)67-63(60)42-41-61(71-63)39-27-30-52(66-61)45-62-44-49(5)56(70-73(13,14)58(6,7)8)57(69-62)55(68-62)36-35-48(4)46-65-75(59(9,10)11,53-31-23-19-24-32-53)54-33-25-20-26-34-54/h18-26,28-29,31-36,49,51-52,55-57H,4,15-17,27,30,37-47H2,1-3,5-14H3/b36-35+/t49-,51+,52-,55+,56-,57+,60-,61-,62-,63-/m1/s1. The lowest BCUT2D eigenvalue weighted by atomic mass is 9.83. The Morgan fingerprint density at radius 3 is 1.97 bits per heavy atom. The van der Waals surface area contributed by atoms with Crippen molar-refractivity contribution >= 4 is 35.3 Å². The Balaban J connectivity index is 1.01. The molecule has 75 heavy (non-hydrogen) atoms. The summed E-state index contributed by atoms with van der Waals surface area (Å²) in [7, 11) is -7.04. The molecular formula is C63H96O9Si3. The predicted molar refractivity (Wildman–Crippen MR) is 311 cm³/mol. The van der Waals surface area contributed by atoms with E-state index in [2.05, 4.69) is 193 Å². The highest BCUT2D eigenvalue weighted by Gasteiger charge is 2.66. The fourth-order valence-corrected chi connectivity index (χ4v) is 22.1. The molecule has 0 radical (unpaired) electrons. The van der Waals surface area contributed by atoms with E-state index in [1.54, 1.807) is 0 Å². The molecule has 0 N–H and O–H groups in total. The molecule has 5 aliphatic heterocycles. The van der Waals surface area contributed by atoms with Gasteiger partial charge in [0.2, 0.25) is 0 Å². The molecule has 0 aliphatic carbocycles. The first-order chi connectivity index (χ1) is 35.5. The highest BCUT2D eigenvalue weighted by Crippen LogP contribution is 2.57. The SMILES string of the molecule is C=C(/C=C/[C@@H]1O[C@]2(C[C@H]3CCC[C@@]4(CC[C@@]5(O[C@H](CCOCc6ccccc6)CC[C@@]5(C)O[Si](CC)(CC)CC)O4)O3)C[C@@H](C)[C@@H](O[Si](C)(C)C(C)(C)C)[C@H]1O2)CO[Si](c1ccccc1)(c1ccccc1)C(C)(C)C. The predicted octanol–water partition coefficient (Wildman–Crippen LogP) is 14.3. The monoisotopic (exact) mass is 1080 g/mol. The minimum atomic E-state index is -2.78. The zero-order chi connectivity index (χ0) is 54.0. The molecule has 5 fully saturated rings. The van der Waals surface area contributed by atoms with Crippen molar-refractivity contribution in [3.05, 3.63) is 121 Å². The van der Waals surface area contributed by atoms with Crippen molar-refractivity contribution in [2.24, 2.45) is 5.92 Å². The van der Waals surface area contributed by atoms with Gasteiger partial charge >= 0.3 is 0 Å². The normalized spacial score (nSPS) is 31.7. The molecule has 0 unspecified atom stereocenters. The van der Waals surface area contributed by atoms with Gasteiger partial charge in [0.25, 0.3) is 8.32 Å². The second-order valence-electron chi connectivity index (χ2n) is 25.9. The van der Waals surface area contributed by atoms with E-state index >= 15 is 0 Å². The Morgan fingerprint density at radius 2 is 1.37 bits per heavy atom. The Labute approximate surface area is 456 Å². The maximum atomic E-state index is 7.56. The van der Waals surface area contributed by atoms with E-state index in [0.717, 1.165) is 75.1 Å². The quantitative estimate of drug-likeness (QED) is 0.0588. The van der Waals surface area contributed by atoms with Crippen LogP contribution < -0.4 is 10.4 Å². The largest absolute Gasteiger partial charge is 0.411 e. The molecule has 9 nitrogen and oxygen atoms in total. The van der Waals surface area contributed by atoms with Crippen molar-refractivity contribution in [2.75, 3.05) is 13.2 Å². The molecule has 0 amide bonds. The number of ether oxygens (including phenoxy) is 6. The van der Waals surface area contributed by atoms with Gasteiger partial charge in [0.15, 0.2) is 34.0 Å². The van der Waals surface area contributed by atoms with Crippen LogP contribution in [0.2, 0.25) is 41.3 Å². The Hall–Kier alpha value is -2.57. The molecule has 3 aromatic carbocycles. The Kier molecular flexibility index (Phi) is 18.2. The van der Waals surface area contributed by atoms with Crippen LogP contribution >= 0.6 is 0 Å². The third kappa shape index (κ3) is 12.4. The number of rotatable bonds is 21. The summed E-state index contributed by atoms with van der Waals surface area (Å²) in [6, 6.07) is 35.2. The molecule has 0 saturated carbocycles. The highest BCUT2D eigenvalue weighted by molar-refractivity contribution is 6.99. The average Bonchev–Trinajstić information content (AvgIpc) is 3.90. The van der Waals surface area contributed by atoms with E-state index < -0.39 is 47.9 Å². The summed E-state index contributed by atoms with van der Waals surface area (Å²) in [5, 5.41) is 2.39. The Morgan fingerprint density at radius 1 is 0.747 bits per heavy atom. The molecular weight excluding hydrogens is 985 g/mol. The van der Waals surface area contributed by atoms with Gasteiger partial charge in [0, 0.05) is 38.7 Å². The molecule has 3 aromatic rings. The first-order valence-corrected chi connectivity index (χ1v) is 36.4. The van der Waals surface area contributed by atoms with Gasteiger partial charge in [-0.3, -0.25) is 0 Å². The molecule has 0 aromatic heterocycles. The van der Waals surface area contributed by atoms with Crippen LogP contribution in [0.3, 0.4) is 0 Å². The molecule has 10 atom stereocenters. The van der Waals surface area contributed by atoms with E-state index in [1.165, 1.54) is 15.9 Å².